The number of hydrogen-bond acceptors (Lipinski definition) is 2. The van der Waals surface area contributed by atoms with Crippen LogP contribution in [-0.2, 0) is 10.8 Å². The number of nitrogens with zero attached hydrogens (tertiary/aromatic N) is 3. The van der Waals surface area contributed by atoms with Crippen LogP contribution >= 0.6 is 0 Å². The molecule has 4 heteroatoms. The van der Waals surface area contributed by atoms with Crippen molar-refractivity contribution in [3.8, 4) is 50.6 Å². The number of para-hydroxylation sites is 1. The average molecular weight is 798 g/mol. The molecule has 1 aromatic heterocycles. The molecule has 62 heavy (non-hydrogen) atoms. The van der Waals surface area contributed by atoms with Gasteiger partial charge in [0, 0.05) is 44.4 Å². The molecule has 0 saturated heterocycles. The number of nitriles is 1. The number of aromatic nitrogens is 1. The van der Waals surface area contributed by atoms with Gasteiger partial charge < -0.3 is 9.38 Å². The maximum atomic E-state index is 9.83. The third kappa shape index (κ3) is 5.79. The molecule has 0 aliphatic carbocycles. The predicted molar refractivity (Wildman–Crippen MR) is 263 cm³/mol. The summed E-state index contributed by atoms with van der Waals surface area (Å²) in [5.41, 5.74) is 22.7. The maximum Gasteiger partial charge on any atom is 0.333 e. The van der Waals surface area contributed by atoms with Crippen LogP contribution in [0.5, 0.6) is 0 Å². The van der Waals surface area contributed by atoms with Gasteiger partial charge in [0.15, 0.2) is 0 Å². The Balaban J connectivity index is 1.30. The van der Waals surface area contributed by atoms with Crippen LogP contribution in [0.4, 0.5) is 17.1 Å². The van der Waals surface area contributed by atoms with Gasteiger partial charge in [-0.1, -0.05) is 139 Å². The number of fused-ring (bicyclic) bond motifs is 7. The van der Waals surface area contributed by atoms with E-state index < -0.39 is 0 Å². The van der Waals surface area contributed by atoms with Gasteiger partial charge in [-0.15, -0.1) is 0 Å². The van der Waals surface area contributed by atoms with Crippen molar-refractivity contribution in [3.63, 3.8) is 0 Å². The van der Waals surface area contributed by atoms with E-state index in [1.54, 1.807) is 0 Å². The molecule has 3 heterocycles. The van der Waals surface area contributed by atoms with E-state index in [0.29, 0.717) is 5.56 Å². The lowest BCUT2D eigenvalue weighted by atomic mass is 9.44. The first-order valence-electron chi connectivity index (χ1n) is 21.8. The van der Waals surface area contributed by atoms with Crippen molar-refractivity contribution in [2.75, 3.05) is 4.90 Å². The summed E-state index contributed by atoms with van der Waals surface area (Å²) in [6, 6.07) is 62.8. The topological polar surface area (TPSA) is 32.0 Å². The van der Waals surface area contributed by atoms with E-state index in [4.69, 9.17) is 0 Å². The second-order valence-corrected chi connectivity index (χ2v) is 19.4. The molecule has 3 nitrogen and oxygen atoms in total. The fraction of sp³-hybridized carbons (Fsp3) is 0.155. The third-order valence-electron chi connectivity index (χ3n) is 13.5. The summed E-state index contributed by atoms with van der Waals surface area (Å²) in [5.74, 6) is 0. The van der Waals surface area contributed by atoms with Gasteiger partial charge in [0.1, 0.15) is 0 Å². The summed E-state index contributed by atoms with van der Waals surface area (Å²) in [6.07, 6.45) is 0. The van der Waals surface area contributed by atoms with Crippen molar-refractivity contribution in [2.45, 2.75) is 59.3 Å². The lowest BCUT2D eigenvalue weighted by molar-refractivity contribution is 0.590. The highest BCUT2D eigenvalue weighted by atomic mass is 15.2. The Bertz CT molecular complexity index is 3260. The minimum atomic E-state index is -0.0827. The Labute approximate surface area is 365 Å². The number of benzene rings is 8. The summed E-state index contributed by atoms with van der Waals surface area (Å²) in [6.45, 7) is 16.2. The highest BCUT2D eigenvalue weighted by molar-refractivity contribution is 6.90. The Morgan fingerprint density at radius 2 is 1.13 bits per heavy atom. The van der Waals surface area contributed by atoms with Crippen LogP contribution in [0.25, 0.3) is 66.3 Å². The van der Waals surface area contributed by atoms with E-state index in [9.17, 15) is 5.26 Å². The summed E-state index contributed by atoms with van der Waals surface area (Å²) in [5, 5.41) is 12.4. The largest absolute Gasteiger partial charge is 0.375 e. The predicted octanol–water partition coefficient (Wildman–Crippen LogP) is 14.0. The second-order valence-electron chi connectivity index (χ2n) is 19.4. The van der Waals surface area contributed by atoms with E-state index in [-0.39, 0.29) is 17.7 Å². The van der Waals surface area contributed by atoms with Crippen LogP contribution < -0.4 is 15.8 Å². The quantitative estimate of drug-likeness (QED) is 0.166. The van der Waals surface area contributed by atoms with Gasteiger partial charge in [-0.2, -0.15) is 5.26 Å². The molecule has 298 valence electrons. The smallest absolute Gasteiger partial charge is 0.333 e. The zero-order valence-electron chi connectivity index (χ0n) is 36.5. The highest BCUT2D eigenvalue weighted by Gasteiger charge is 2.44. The second kappa shape index (κ2) is 13.7. The minimum absolute atomic E-state index is 0.000800. The molecule has 0 fully saturated rings. The fourth-order valence-electron chi connectivity index (χ4n) is 10.2. The van der Waals surface area contributed by atoms with Gasteiger partial charge in [0.2, 0.25) is 0 Å². The van der Waals surface area contributed by atoms with E-state index in [2.05, 4.69) is 216 Å². The first-order valence-corrected chi connectivity index (χ1v) is 21.8. The lowest BCUT2D eigenvalue weighted by Gasteiger charge is -2.42. The van der Waals surface area contributed by atoms with Crippen LogP contribution in [-0.4, -0.2) is 11.3 Å². The highest BCUT2D eigenvalue weighted by Crippen LogP contribution is 2.50. The molecular formula is C58H48BN3. The van der Waals surface area contributed by atoms with Crippen molar-refractivity contribution in [3.05, 3.63) is 186 Å². The molecule has 0 amide bonds. The van der Waals surface area contributed by atoms with Crippen molar-refractivity contribution in [1.82, 2.24) is 4.48 Å². The molecule has 0 unspecified atom stereocenters. The molecule has 0 atom stereocenters. The van der Waals surface area contributed by atoms with Crippen LogP contribution in [0.2, 0.25) is 0 Å². The van der Waals surface area contributed by atoms with Gasteiger partial charge in [-0.25, -0.2) is 0 Å². The van der Waals surface area contributed by atoms with E-state index in [0.717, 1.165) is 11.3 Å². The Morgan fingerprint density at radius 3 is 1.76 bits per heavy atom. The SMILES string of the molecule is Cc1c(-c2ccc(C#N)cc2)cc2c3c1-c1cc(C(C)(C)C)cc4c5cc(C(C)(C)C)ccc5n(c14)B3c1ccccc1N2c1cc(-c2ccccc2)cc(-c2ccccc2)c1. The Hall–Kier alpha value is -7.09. The lowest BCUT2D eigenvalue weighted by Crippen LogP contribution is -2.57. The normalized spacial score (nSPS) is 13.0. The van der Waals surface area contributed by atoms with E-state index in [1.165, 1.54) is 99.7 Å². The summed E-state index contributed by atoms with van der Waals surface area (Å²) < 4.78 is 2.68. The zero-order chi connectivity index (χ0) is 42.7. The minimum Gasteiger partial charge on any atom is -0.375 e. The average Bonchev–Trinajstić information content (AvgIpc) is 3.61. The van der Waals surface area contributed by atoms with Gasteiger partial charge in [0.25, 0.3) is 0 Å². The molecule has 11 rings (SSSR count). The van der Waals surface area contributed by atoms with Crippen LogP contribution in [0.3, 0.4) is 0 Å². The molecule has 2 aliphatic heterocycles. The molecule has 2 aliphatic rings. The van der Waals surface area contributed by atoms with Crippen molar-refractivity contribution >= 4 is 56.6 Å². The molecule has 0 spiro atoms. The van der Waals surface area contributed by atoms with Crippen LogP contribution in [0, 0.1) is 18.3 Å². The molecule has 0 N–H and O–H groups in total. The molecular weight excluding hydrogens is 749 g/mol. The molecule has 9 aromatic rings. The van der Waals surface area contributed by atoms with E-state index >= 15 is 0 Å². The van der Waals surface area contributed by atoms with Crippen LogP contribution in [0.1, 0.15) is 63.8 Å². The zero-order valence-corrected chi connectivity index (χ0v) is 36.5. The maximum absolute atomic E-state index is 9.83. The summed E-state index contributed by atoms with van der Waals surface area (Å²) >= 11 is 0. The van der Waals surface area contributed by atoms with Gasteiger partial charge >= 0.3 is 6.85 Å². The van der Waals surface area contributed by atoms with Gasteiger partial charge in [0.05, 0.1) is 11.6 Å². The van der Waals surface area contributed by atoms with Gasteiger partial charge in [-0.05, 0) is 151 Å². The summed E-state index contributed by atoms with van der Waals surface area (Å²) in [4.78, 5) is 2.54. The van der Waals surface area contributed by atoms with E-state index in [1.807, 2.05) is 12.1 Å². The van der Waals surface area contributed by atoms with Crippen molar-refractivity contribution < 1.29 is 0 Å². The Kier molecular flexibility index (Phi) is 8.38. The first kappa shape index (κ1) is 37.9. The standard InChI is InChI=1S/C58H48BN3/c1-36-46(40-24-22-37(35-60)23-25-40)34-53-55-54(36)49-33-44(58(5,6)7)32-48-47-31-43(57(2,3)4)26-27-51(47)62(56(48)49)59(55)50-20-14-15-21-52(50)61(53)45-29-41(38-16-10-8-11-17-38)28-42(30-45)39-18-12-9-13-19-39/h8-34H,1-7H3. The van der Waals surface area contributed by atoms with Crippen molar-refractivity contribution in [2.24, 2.45) is 0 Å². The molecule has 8 aromatic carbocycles. The third-order valence-corrected chi connectivity index (χ3v) is 13.5. The van der Waals surface area contributed by atoms with Gasteiger partial charge in [-0.3, -0.25) is 0 Å². The number of anilines is 3. The van der Waals surface area contributed by atoms with Crippen LogP contribution in [0.15, 0.2) is 164 Å². The molecule has 0 saturated carbocycles. The molecule has 0 radical (unpaired) electrons. The molecule has 0 bridgehead atoms. The monoisotopic (exact) mass is 797 g/mol. The Morgan fingerprint density at radius 1 is 0.516 bits per heavy atom. The van der Waals surface area contributed by atoms with Crippen molar-refractivity contribution in [1.29, 1.82) is 5.26 Å². The first-order chi connectivity index (χ1) is 29.9. The fourth-order valence-corrected chi connectivity index (χ4v) is 10.2. The number of hydrogen-bond donors (Lipinski definition) is 0. The number of rotatable bonds is 4. The summed E-state index contributed by atoms with van der Waals surface area (Å²) in [7, 11) is 0.